The van der Waals surface area contributed by atoms with Gasteiger partial charge in [0.15, 0.2) is 0 Å². The number of benzene rings is 1. The third kappa shape index (κ3) is 3.07. The fourth-order valence-electron chi connectivity index (χ4n) is 2.55. The van der Waals surface area contributed by atoms with Crippen molar-refractivity contribution in [3.8, 4) is 0 Å². The molecule has 2 rings (SSSR count). The molecule has 3 atom stereocenters. The molecule has 1 N–H and O–H groups in total. The zero-order chi connectivity index (χ0) is 13.1. The molecule has 1 saturated heterocycles. The summed E-state index contributed by atoms with van der Waals surface area (Å²) >= 11 is 3.50. The Morgan fingerprint density at radius 1 is 1.39 bits per heavy atom. The molecule has 3 unspecified atom stereocenters. The van der Waals surface area contributed by atoms with Crippen molar-refractivity contribution < 1.29 is 0 Å². The maximum Gasteiger partial charge on any atom is 0.0387 e. The first-order chi connectivity index (χ1) is 8.61. The average molecular weight is 311 g/mol. The highest BCUT2D eigenvalue weighted by molar-refractivity contribution is 9.10. The van der Waals surface area contributed by atoms with Gasteiger partial charge in [0.25, 0.3) is 0 Å². The summed E-state index contributed by atoms with van der Waals surface area (Å²) in [5, 5.41) is 3.68. The molecule has 1 fully saturated rings. The van der Waals surface area contributed by atoms with Crippen LogP contribution >= 0.6 is 15.9 Å². The monoisotopic (exact) mass is 310 g/mol. The van der Waals surface area contributed by atoms with E-state index in [4.69, 9.17) is 0 Å². The predicted molar refractivity (Wildman–Crippen MR) is 82.2 cm³/mol. The molecule has 1 aliphatic rings. The second-order valence-corrected chi connectivity index (χ2v) is 6.29. The fourth-order valence-corrected chi connectivity index (χ4v) is 2.81. The molecule has 0 radical (unpaired) electrons. The molecule has 3 heteroatoms. The fraction of sp³-hybridized carbons (Fsp3) is 0.600. The quantitative estimate of drug-likeness (QED) is 0.916. The van der Waals surface area contributed by atoms with Crippen LogP contribution in [0.1, 0.15) is 27.2 Å². The lowest BCUT2D eigenvalue weighted by Gasteiger charge is -2.42. The number of halogens is 1. The van der Waals surface area contributed by atoms with Gasteiger partial charge in [-0.25, -0.2) is 0 Å². The molecule has 18 heavy (non-hydrogen) atoms. The minimum absolute atomic E-state index is 0.562. The van der Waals surface area contributed by atoms with Gasteiger partial charge in [0.1, 0.15) is 0 Å². The van der Waals surface area contributed by atoms with Crippen LogP contribution < -0.4 is 10.2 Å². The molecule has 0 aromatic heterocycles. The molecular formula is C15H23BrN2. The van der Waals surface area contributed by atoms with Gasteiger partial charge in [0, 0.05) is 35.3 Å². The molecule has 0 saturated carbocycles. The van der Waals surface area contributed by atoms with E-state index in [0.717, 1.165) is 23.5 Å². The van der Waals surface area contributed by atoms with Gasteiger partial charge in [-0.15, -0.1) is 0 Å². The van der Waals surface area contributed by atoms with Crippen LogP contribution in [-0.4, -0.2) is 25.2 Å². The van der Waals surface area contributed by atoms with Crippen LogP contribution in [0.25, 0.3) is 0 Å². The van der Waals surface area contributed by atoms with Crippen molar-refractivity contribution >= 4 is 21.6 Å². The smallest absolute Gasteiger partial charge is 0.0387 e. The first kappa shape index (κ1) is 13.9. The van der Waals surface area contributed by atoms with Crippen LogP contribution in [0.3, 0.4) is 0 Å². The zero-order valence-corrected chi connectivity index (χ0v) is 13.1. The molecule has 1 heterocycles. The molecule has 0 bridgehead atoms. The minimum Gasteiger partial charge on any atom is -0.366 e. The minimum atomic E-state index is 0.562. The van der Waals surface area contributed by atoms with Gasteiger partial charge in [0.05, 0.1) is 0 Å². The molecular weight excluding hydrogens is 288 g/mol. The lowest BCUT2D eigenvalue weighted by atomic mass is 9.95. The molecule has 1 aromatic carbocycles. The van der Waals surface area contributed by atoms with Crippen molar-refractivity contribution in [3.05, 3.63) is 28.7 Å². The number of hydrogen-bond donors (Lipinski definition) is 1. The molecule has 0 amide bonds. The van der Waals surface area contributed by atoms with Crippen molar-refractivity contribution in [1.29, 1.82) is 0 Å². The summed E-state index contributed by atoms with van der Waals surface area (Å²) in [6, 6.07) is 9.84. The first-order valence-electron chi connectivity index (χ1n) is 6.87. The maximum atomic E-state index is 3.68. The second-order valence-electron chi connectivity index (χ2n) is 5.38. The van der Waals surface area contributed by atoms with E-state index in [-0.39, 0.29) is 0 Å². The van der Waals surface area contributed by atoms with Gasteiger partial charge < -0.3 is 10.2 Å². The molecule has 2 nitrogen and oxygen atoms in total. The molecule has 1 aliphatic heterocycles. The topological polar surface area (TPSA) is 15.3 Å². The van der Waals surface area contributed by atoms with Crippen LogP contribution in [-0.2, 0) is 0 Å². The van der Waals surface area contributed by atoms with Crippen molar-refractivity contribution in [2.45, 2.75) is 39.3 Å². The van der Waals surface area contributed by atoms with E-state index >= 15 is 0 Å². The number of anilines is 1. The first-order valence-corrected chi connectivity index (χ1v) is 7.66. The maximum absolute atomic E-state index is 3.68. The van der Waals surface area contributed by atoms with E-state index in [1.807, 2.05) is 0 Å². The van der Waals surface area contributed by atoms with Gasteiger partial charge in [-0.2, -0.15) is 0 Å². The van der Waals surface area contributed by atoms with Gasteiger partial charge in [0.2, 0.25) is 0 Å². The van der Waals surface area contributed by atoms with Gasteiger partial charge in [-0.3, -0.25) is 0 Å². The Hall–Kier alpha value is -0.540. The standard InChI is InChI=1S/C15H23BrN2/c1-4-11(2)15-10-18(12(3)9-17-15)14-7-5-13(16)6-8-14/h5-8,11-12,15,17H,4,9-10H2,1-3H3. The Bertz CT molecular complexity index is 377. The van der Waals surface area contributed by atoms with E-state index in [2.05, 4.69) is 71.2 Å². The predicted octanol–water partition coefficient (Wildman–Crippen LogP) is 3.66. The van der Waals surface area contributed by atoms with Gasteiger partial charge in [-0.05, 0) is 37.1 Å². The lowest BCUT2D eigenvalue weighted by Crippen LogP contribution is -2.57. The Labute approximate surface area is 119 Å². The molecule has 1 aromatic rings. The number of hydrogen-bond acceptors (Lipinski definition) is 2. The zero-order valence-electron chi connectivity index (χ0n) is 11.5. The average Bonchev–Trinajstić information content (AvgIpc) is 2.39. The number of nitrogens with one attached hydrogen (secondary N) is 1. The third-order valence-electron chi connectivity index (χ3n) is 4.09. The number of nitrogens with zero attached hydrogens (tertiary/aromatic N) is 1. The normalized spacial score (nSPS) is 26.1. The summed E-state index contributed by atoms with van der Waals surface area (Å²) in [5.74, 6) is 0.732. The number of piperazine rings is 1. The van der Waals surface area contributed by atoms with Crippen LogP contribution in [0, 0.1) is 5.92 Å². The highest BCUT2D eigenvalue weighted by Crippen LogP contribution is 2.24. The summed E-state index contributed by atoms with van der Waals surface area (Å²) in [7, 11) is 0. The largest absolute Gasteiger partial charge is 0.366 e. The van der Waals surface area contributed by atoms with E-state index in [9.17, 15) is 0 Å². The summed E-state index contributed by atoms with van der Waals surface area (Å²) in [5.41, 5.74) is 1.33. The van der Waals surface area contributed by atoms with Crippen molar-refractivity contribution in [2.75, 3.05) is 18.0 Å². The Balaban J connectivity index is 2.12. The summed E-state index contributed by atoms with van der Waals surface area (Å²) in [6.07, 6.45) is 1.24. The third-order valence-corrected chi connectivity index (χ3v) is 4.62. The molecule has 0 spiro atoms. The van der Waals surface area contributed by atoms with Crippen molar-refractivity contribution in [1.82, 2.24) is 5.32 Å². The van der Waals surface area contributed by atoms with Crippen LogP contribution in [0.2, 0.25) is 0 Å². The number of rotatable bonds is 3. The van der Waals surface area contributed by atoms with Crippen LogP contribution in [0.5, 0.6) is 0 Å². The van der Waals surface area contributed by atoms with Gasteiger partial charge in [-0.1, -0.05) is 36.2 Å². The highest BCUT2D eigenvalue weighted by Gasteiger charge is 2.27. The van der Waals surface area contributed by atoms with Crippen LogP contribution in [0.4, 0.5) is 5.69 Å². The lowest BCUT2D eigenvalue weighted by molar-refractivity contribution is 0.316. The van der Waals surface area contributed by atoms with Crippen molar-refractivity contribution in [3.63, 3.8) is 0 Å². The summed E-state index contributed by atoms with van der Waals surface area (Å²) < 4.78 is 1.15. The van der Waals surface area contributed by atoms with E-state index < -0.39 is 0 Å². The van der Waals surface area contributed by atoms with E-state index in [1.54, 1.807) is 0 Å². The van der Waals surface area contributed by atoms with E-state index in [1.165, 1.54) is 12.1 Å². The Kier molecular flexibility index (Phi) is 4.68. The van der Waals surface area contributed by atoms with Gasteiger partial charge >= 0.3 is 0 Å². The molecule has 0 aliphatic carbocycles. The SMILES string of the molecule is CCC(C)C1CN(c2ccc(Br)cc2)C(C)CN1. The van der Waals surface area contributed by atoms with Crippen molar-refractivity contribution in [2.24, 2.45) is 5.92 Å². The summed E-state index contributed by atoms with van der Waals surface area (Å²) in [4.78, 5) is 2.53. The second kappa shape index (κ2) is 6.07. The Morgan fingerprint density at radius 3 is 2.67 bits per heavy atom. The van der Waals surface area contributed by atoms with Crippen LogP contribution in [0.15, 0.2) is 28.7 Å². The Morgan fingerprint density at radius 2 is 2.06 bits per heavy atom. The highest BCUT2D eigenvalue weighted by atomic mass is 79.9. The van der Waals surface area contributed by atoms with E-state index in [0.29, 0.717) is 12.1 Å². The summed E-state index contributed by atoms with van der Waals surface area (Å²) in [6.45, 7) is 9.09. The molecule has 100 valence electrons.